The lowest BCUT2D eigenvalue weighted by molar-refractivity contribution is -0.121. The predicted octanol–water partition coefficient (Wildman–Crippen LogP) is 1.48. The lowest BCUT2D eigenvalue weighted by Gasteiger charge is -2.13. The molecule has 1 aliphatic rings. The molecule has 0 aromatic heterocycles. The first-order valence-corrected chi connectivity index (χ1v) is 8.58. The van der Waals surface area contributed by atoms with Crippen molar-refractivity contribution in [2.24, 2.45) is 5.73 Å². The number of nitrogens with one attached hydrogen (secondary N) is 1. The molecular formula is C20H19N3O4. The van der Waals surface area contributed by atoms with Crippen molar-refractivity contribution in [1.82, 2.24) is 10.2 Å². The summed E-state index contributed by atoms with van der Waals surface area (Å²) in [6, 6.07) is 13.3. The molecule has 3 N–H and O–H groups in total. The van der Waals surface area contributed by atoms with Crippen LogP contribution in [0.3, 0.4) is 0 Å². The second-order valence-corrected chi connectivity index (χ2v) is 6.25. The molecule has 2 aromatic carbocycles. The maximum absolute atomic E-state index is 12.2. The second kappa shape index (κ2) is 7.82. The summed E-state index contributed by atoms with van der Waals surface area (Å²) in [6.45, 7) is 0.526. The number of amides is 4. The third kappa shape index (κ3) is 4.03. The average Bonchev–Trinajstić information content (AvgIpc) is 2.92. The van der Waals surface area contributed by atoms with E-state index in [1.807, 2.05) is 0 Å². The predicted molar refractivity (Wildman–Crippen MR) is 97.8 cm³/mol. The molecule has 0 spiro atoms. The number of carbonyl (C=O) groups is 4. The van der Waals surface area contributed by atoms with Gasteiger partial charge in [-0.25, -0.2) is 0 Å². The van der Waals surface area contributed by atoms with Gasteiger partial charge in [0.1, 0.15) is 0 Å². The van der Waals surface area contributed by atoms with Crippen molar-refractivity contribution in [3.8, 4) is 0 Å². The highest BCUT2D eigenvalue weighted by Crippen LogP contribution is 2.22. The molecule has 7 heteroatoms. The van der Waals surface area contributed by atoms with Gasteiger partial charge in [-0.1, -0.05) is 24.3 Å². The fourth-order valence-corrected chi connectivity index (χ4v) is 2.92. The molecule has 0 radical (unpaired) electrons. The van der Waals surface area contributed by atoms with Crippen molar-refractivity contribution in [3.63, 3.8) is 0 Å². The summed E-state index contributed by atoms with van der Waals surface area (Å²) in [7, 11) is 0. The van der Waals surface area contributed by atoms with E-state index in [4.69, 9.17) is 5.73 Å². The smallest absolute Gasteiger partial charge is 0.261 e. The van der Waals surface area contributed by atoms with Crippen LogP contribution in [0.5, 0.6) is 0 Å². The zero-order chi connectivity index (χ0) is 19.4. The van der Waals surface area contributed by atoms with Gasteiger partial charge in [-0.15, -0.1) is 0 Å². The number of nitrogens with two attached hydrogens (primary N) is 1. The average molecular weight is 365 g/mol. The van der Waals surface area contributed by atoms with E-state index in [1.54, 1.807) is 48.5 Å². The van der Waals surface area contributed by atoms with E-state index >= 15 is 0 Å². The van der Waals surface area contributed by atoms with Gasteiger partial charge in [0, 0.05) is 25.1 Å². The summed E-state index contributed by atoms with van der Waals surface area (Å²) < 4.78 is 0. The van der Waals surface area contributed by atoms with Gasteiger partial charge in [0.2, 0.25) is 11.8 Å². The van der Waals surface area contributed by atoms with E-state index in [9.17, 15) is 19.2 Å². The highest BCUT2D eigenvalue weighted by molar-refractivity contribution is 6.21. The highest BCUT2D eigenvalue weighted by Gasteiger charge is 2.34. The molecule has 0 atom stereocenters. The number of fused-ring (bicyclic) bond motifs is 1. The van der Waals surface area contributed by atoms with Gasteiger partial charge >= 0.3 is 0 Å². The van der Waals surface area contributed by atoms with Gasteiger partial charge in [-0.3, -0.25) is 24.1 Å². The SMILES string of the molecule is NC(=O)c1ccc(CNC(=O)CCCN2C(=O)c3ccccc3C2=O)cc1. The van der Waals surface area contributed by atoms with Crippen LogP contribution in [0.2, 0.25) is 0 Å². The molecule has 1 aliphatic heterocycles. The van der Waals surface area contributed by atoms with Gasteiger partial charge < -0.3 is 11.1 Å². The number of hydrogen-bond acceptors (Lipinski definition) is 4. The largest absolute Gasteiger partial charge is 0.366 e. The van der Waals surface area contributed by atoms with Crippen molar-refractivity contribution in [2.75, 3.05) is 6.54 Å². The van der Waals surface area contributed by atoms with Crippen LogP contribution < -0.4 is 11.1 Å². The summed E-state index contributed by atoms with van der Waals surface area (Å²) in [6.07, 6.45) is 0.588. The van der Waals surface area contributed by atoms with E-state index in [2.05, 4.69) is 5.32 Å². The molecule has 0 saturated heterocycles. The van der Waals surface area contributed by atoms with E-state index in [0.29, 0.717) is 29.7 Å². The Morgan fingerprint density at radius 2 is 1.52 bits per heavy atom. The summed E-state index contributed by atoms with van der Waals surface area (Å²) >= 11 is 0. The normalized spacial score (nSPS) is 12.8. The Kier molecular flexibility index (Phi) is 5.30. The minimum Gasteiger partial charge on any atom is -0.366 e. The molecule has 0 unspecified atom stereocenters. The van der Waals surface area contributed by atoms with Crippen LogP contribution in [-0.4, -0.2) is 35.1 Å². The van der Waals surface area contributed by atoms with Gasteiger partial charge in [0.25, 0.3) is 11.8 Å². The van der Waals surface area contributed by atoms with Gasteiger partial charge in [0.15, 0.2) is 0 Å². The maximum atomic E-state index is 12.2. The fourth-order valence-electron chi connectivity index (χ4n) is 2.92. The molecule has 4 amide bonds. The van der Waals surface area contributed by atoms with Crippen molar-refractivity contribution >= 4 is 23.6 Å². The van der Waals surface area contributed by atoms with Crippen LogP contribution in [0, 0.1) is 0 Å². The van der Waals surface area contributed by atoms with Gasteiger partial charge in [0.05, 0.1) is 11.1 Å². The Bertz CT molecular complexity index is 871. The van der Waals surface area contributed by atoms with Crippen molar-refractivity contribution in [1.29, 1.82) is 0 Å². The van der Waals surface area contributed by atoms with Gasteiger partial charge in [-0.05, 0) is 36.2 Å². The van der Waals surface area contributed by atoms with Crippen LogP contribution in [0.15, 0.2) is 48.5 Å². The lowest BCUT2D eigenvalue weighted by atomic mass is 10.1. The zero-order valence-corrected chi connectivity index (χ0v) is 14.6. The number of benzene rings is 2. The molecule has 138 valence electrons. The summed E-state index contributed by atoms with van der Waals surface area (Å²) in [5.74, 6) is -1.31. The first-order valence-electron chi connectivity index (χ1n) is 8.58. The van der Waals surface area contributed by atoms with Crippen LogP contribution >= 0.6 is 0 Å². The van der Waals surface area contributed by atoms with E-state index in [1.165, 1.54) is 4.90 Å². The number of primary amides is 1. The Hall–Kier alpha value is -3.48. The summed E-state index contributed by atoms with van der Waals surface area (Å²) in [5.41, 5.74) is 7.25. The summed E-state index contributed by atoms with van der Waals surface area (Å²) in [4.78, 5) is 48.7. The molecule has 1 heterocycles. The van der Waals surface area contributed by atoms with Crippen LogP contribution in [0.1, 0.15) is 49.5 Å². The summed E-state index contributed by atoms with van der Waals surface area (Å²) in [5, 5.41) is 2.77. The van der Waals surface area contributed by atoms with Crippen molar-refractivity contribution in [3.05, 3.63) is 70.8 Å². The van der Waals surface area contributed by atoms with Crippen molar-refractivity contribution in [2.45, 2.75) is 19.4 Å². The van der Waals surface area contributed by atoms with Crippen molar-refractivity contribution < 1.29 is 19.2 Å². The number of hydrogen-bond donors (Lipinski definition) is 2. The quantitative estimate of drug-likeness (QED) is 0.724. The highest BCUT2D eigenvalue weighted by atomic mass is 16.2. The monoisotopic (exact) mass is 365 g/mol. The van der Waals surface area contributed by atoms with Crippen LogP contribution in [0.25, 0.3) is 0 Å². The first kappa shape index (κ1) is 18.3. The number of imide groups is 1. The molecule has 27 heavy (non-hydrogen) atoms. The first-order chi connectivity index (χ1) is 13.0. The molecule has 2 aromatic rings. The third-order valence-electron chi connectivity index (χ3n) is 4.39. The molecule has 0 aliphatic carbocycles. The Balaban J connectivity index is 1.44. The topological polar surface area (TPSA) is 110 Å². The Labute approximate surface area is 156 Å². The number of nitrogens with zero attached hydrogens (tertiary/aromatic N) is 1. The molecule has 7 nitrogen and oxygen atoms in total. The van der Waals surface area contributed by atoms with Crippen LogP contribution in [-0.2, 0) is 11.3 Å². The van der Waals surface area contributed by atoms with E-state index in [0.717, 1.165) is 5.56 Å². The van der Waals surface area contributed by atoms with E-state index in [-0.39, 0.29) is 30.7 Å². The Morgan fingerprint density at radius 1 is 0.926 bits per heavy atom. The van der Waals surface area contributed by atoms with E-state index < -0.39 is 5.91 Å². The minimum absolute atomic E-state index is 0.175. The van der Waals surface area contributed by atoms with Gasteiger partial charge in [-0.2, -0.15) is 0 Å². The van der Waals surface area contributed by atoms with Crippen LogP contribution in [0.4, 0.5) is 0 Å². The number of rotatable bonds is 7. The maximum Gasteiger partial charge on any atom is 0.261 e. The zero-order valence-electron chi connectivity index (χ0n) is 14.6. The lowest BCUT2D eigenvalue weighted by Crippen LogP contribution is -2.32. The second-order valence-electron chi connectivity index (χ2n) is 6.25. The molecule has 3 rings (SSSR count). The molecule has 0 fully saturated rings. The molecule has 0 saturated carbocycles. The molecular weight excluding hydrogens is 346 g/mol. The minimum atomic E-state index is -0.501. The standard InChI is InChI=1S/C20H19N3O4/c21-18(25)14-9-7-13(8-10-14)12-22-17(24)6-3-11-23-19(26)15-4-1-2-5-16(15)20(23)27/h1-2,4-5,7-10H,3,6,11-12H2,(H2,21,25)(H,22,24). The Morgan fingerprint density at radius 3 is 2.07 bits per heavy atom. The number of carbonyl (C=O) groups excluding carboxylic acids is 4. The molecule has 0 bridgehead atoms. The third-order valence-corrected chi connectivity index (χ3v) is 4.39. The fraction of sp³-hybridized carbons (Fsp3) is 0.200.